The third kappa shape index (κ3) is 1.27. The van der Waals surface area contributed by atoms with Gasteiger partial charge in [0, 0.05) is 11.8 Å². The van der Waals surface area contributed by atoms with Gasteiger partial charge >= 0.3 is 0 Å². The Kier molecular flexibility index (Phi) is 1.93. The number of fused-ring (bicyclic) bond motifs is 1. The highest BCUT2D eigenvalue weighted by molar-refractivity contribution is 6.09. The minimum absolute atomic E-state index is 0.00361. The van der Waals surface area contributed by atoms with E-state index in [2.05, 4.69) is 10.2 Å². The van der Waals surface area contributed by atoms with Crippen LogP contribution in [0.5, 0.6) is 0 Å². The van der Waals surface area contributed by atoms with Crippen molar-refractivity contribution < 1.29 is 4.79 Å². The highest BCUT2D eigenvalue weighted by Crippen LogP contribution is 2.25. The van der Waals surface area contributed by atoms with E-state index in [0.29, 0.717) is 12.4 Å². The standard InChI is InChI=1S/C12H9N3O/c16-12-10-5-2-1-4-9(10)8-15(12)11-6-3-7-13-14-11/h1-7H,8H2. The Morgan fingerprint density at radius 3 is 2.75 bits per heavy atom. The zero-order valence-corrected chi connectivity index (χ0v) is 8.50. The first-order valence-electron chi connectivity index (χ1n) is 5.04. The molecule has 0 saturated carbocycles. The molecule has 78 valence electrons. The Morgan fingerprint density at radius 2 is 2.00 bits per heavy atom. The number of amides is 1. The predicted octanol–water partition coefficient (Wildman–Crippen LogP) is 1.64. The summed E-state index contributed by atoms with van der Waals surface area (Å²) in [5, 5.41) is 7.73. The second-order valence-electron chi connectivity index (χ2n) is 3.63. The van der Waals surface area contributed by atoms with E-state index in [1.165, 1.54) is 0 Å². The Labute approximate surface area is 92.5 Å². The zero-order chi connectivity index (χ0) is 11.0. The maximum absolute atomic E-state index is 12.1. The Bertz CT molecular complexity index is 539. The molecule has 0 radical (unpaired) electrons. The summed E-state index contributed by atoms with van der Waals surface area (Å²) < 4.78 is 0. The van der Waals surface area contributed by atoms with Crippen molar-refractivity contribution in [1.82, 2.24) is 10.2 Å². The topological polar surface area (TPSA) is 46.1 Å². The minimum Gasteiger partial charge on any atom is -0.287 e. The Hall–Kier alpha value is -2.23. The molecule has 1 amide bonds. The zero-order valence-electron chi connectivity index (χ0n) is 8.50. The monoisotopic (exact) mass is 211 g/mol. The molecule has 1 aromatic heterocycles. The maximum Gasteiger partial charge on any atom is 0.260 e. The third-order valence-electron chi connectivity index (χ3n) is 2.66. The molecule has 1 aromatic carbocycles. The number of rotatable bonds is 1. The molecule has 2 aromatic rings. The van der Waals surface area contributed by atoms with E-state index in [1.807, 2.05) is 24.3 Å². The minimum atomic E-state index is -0.00361. The van der Waals surface area contributed by atoms with E-state index in [9.17, 15) is 4.79 Å². The molecule has 0 saturated heterocycles. The quantitative estimate of drug-likeness (QED) is 0.720. The Morgan fingerprint density at radius 1 is 1.12 bits per heavy atom. The van der Waals surface area contributed by atoms with Gasteiger partial charge < -0.3 is 0 Å². The number of benzene rings is 1. The first-order valence-corrected chi connectivity index (χ1v) is 5.04. The first kappa shape index (κ1) is 9.03. The lowest BCUT2D eigenvalue weighted by atomic mass is 10.1. The van der Waals surface area contributed by atoms with Crippen molar-refractivity contribution >= 4 is 11.7 Å². The van der Waals surface area contributed by atoms with Crippen LogP contribution in [0.25, 0.3) is 0 Å². The molecule has 1 aliphatic heterocycles. The molecule has 0 fully saturated rings. The fourth-order valence-electron chi connectivity index (χ4n) is 1.88. The van der Waals surface area contributed by atoms with Crippen molar-refractivity contribution in [1.29, 1.82) is 0 Å². The van der Waals surface area contributed by atoms with Crippen LogP contribution in [0.2, 0.25) is 0 Å². The number of carbonyl (C=O) groups is 1. The Balaban J connectivity index is 2.02. The largest absolute Gasteiger partial charge is 0.287 e. The molecule has 0 aliphatic carbocycles. The summed E-state index contributed by atoms with van der Waals surface area (Å²) in [7, 11) is 0. The molecule has 3 rings (SSSR count). The highest BCUT2D eigenvalue weighted by atomic mass is 16.2. The SMILES string of the molecule is O=C1c2ccccc2CN1c1cccnn1. The van der Waals surface area contributed by atoms with E-state index >= 15 is 0 Å². The lowest BCUT2D eigenvalue weighted by Crippen LogP contribution is -2.24. The highest BCUT2D eigenvalue weighted by Gasteiger charge is 2.28. The fourth-order valence-corrected chi connectivity index (χ4v) is 1.88. The molecule has 0 bridgehead atoms. The van der Waals surface area contributed by atoms with Crippen molar-refractivity contribution in [3.63, 3.8) is 0 Å². The van der Waals surface area contributed by atoms with E-state index in [-0.39, 0.29) is 5.91 Å². The second-order valence-corrected chi connectivity index (χ2v) is 3.63. The van der Waals surface area contributed by atoms with Gasteiger partial charge in [0.15, 0.2) is 5.82 Å². The average Bonchev–Trinajstić information content (AvgIpc) is 2.69. The normalized spacial score (nSPS) is 14.0. The number of aromatic nitrogens is 2. The van der Waals surface area contributed by atoms with Crippen molar-refractivity contribution in [3.05, 3.63) is 53.7 Å². The molecule has 1 aliphatic rings. The van der Waals surface area contributed by atoms with Gasteiger partial charge in [-0.3, -0.25) is 9.69 Å². The van der Waals surface area contributed by atoms with Crippen LogP contribution in [0.15, 0.2) is 42.6 Å². The molecule has 0 atom stereocenters. The molecule has 4 nitrogen and oxygen atoms in total. The average molecular weight is 211 g/mol. The lowest BCUT2D eigenvalue weighted by molar-refractivity contribution is 0.0995. The number of hydrogen-bond acceptors (Lipinski definition) is 3. The number of carbonyl (C=O) groups excluding carboxylic acids is 1. The van der Waals surface area contributed by atoms with Gasteiger partial charge in [-0.25, -0.2) is 0 Å². The molecule has 0 N–H and O–H groups in total. The van der Waals surface area contributed by atoms with Crippen LogP contribution in [-0.4, -0.2) is 16.1 Å². The molecule has 2 heterocycles. The maximum atomic E-state index is 12.1. The summed E-state index contributed by atoms with van der Waals surface area (Å²) in [6.07, 6.45) is 1.59. The predicted molar refractivity (Wildman–Crippen MR) is 59.0 cm³/mol. The second kappa shape index (κ2) is 3.41. The summed E-state index contributed by atoms with van der Waals surface area (Å²) >= 11 is 0. The van der Waals surface area contributed by atoms with Crippen LogP contribution >= 0.6 is 0 Å². The van der Waals surface area contributed by atoms with Gasteiger partial charge in [-0.15, -0.1) is 5.10 Å². The molecule has 0 unspecified atom stereocenters. The molecular formula is C12H9N3O. The van der Waals surface area contributed by atoms with Gasteiger partial charge in [-0.05, 0) is 23.8 Å². The molecule has 16 heavy (non-hydrogen) atoms. The summed E-state index contributed by atoms with van der Waals surface area (Å²) in [4.78, 5) is 13.7. The molecule has 0 spiro atoms. The van der Waals surface area contributed by atoms with E-state index in [4.69, 9.17) is 0 Å². The van der Waals surface area contributed by atoms with Gasteiger partial charge in [0.05, 0.1) is 6.54 Å². The summed E-state index contributed by atoms with van der Waals surface area (Å²) in [6, 6.07) is 11.2. The van der Waals surface area contributed by atoms with Crippen LogP contribution in [0.1, 0.15) is 15.9 Å². The van der Waals surface area contributed by atoms with Gasteiger partial charge in [0.25, 0.3) is 5.91 Å². The van der Waals surface area contributed by atoms with Crippen LogP contribution in [0.3, 0.4) is 0 Å². The van der Waals surface area contributed by atoms with E-state index < -0.39 is 0 Å². The van der Waals surface area contributed by atoms with Crippen molar-refractivity contribution in [2.75, 3.05) is 4.90 Å². The lowest BCUT2D eigenvalue weighted by Gasteiger charge is -2.12. The van der Waals surface area contributed by atoms with E-state index in [1.54, 1.807) is 23.2 Å². The fraction of sp³-hybridized carbons (Fsp3) is 0.0833. The van der Waals surface area contributed by atoms with E-state index in [0.717, 1.165) is 11.1 Å². The van der Waals surface area contributed by atoms with Crippen molar-refractivity contribution in [2.45, 2.75) is 6.54 Å². The van der Waals surface area contributed by atoms with Gasteiger partial charge in [-0.1, -0.05) is 18.2 Å². The molecule has 4 heteroatoms. The van der Waals surface area contributed by atoms with Crippen molar-refractivity contribution in [3.8, 4) is 0 Å². The third-order valence-corrected chi connectivity index (χ3v) is 2.66. The van der Waals surface area contributed by atoms with Crippen LogP contribution in [0.4, 0.5) is 5.82 Å². The van der Waals surface area contributed by atoms with Crippen LogP contribution < -0.4 is 4.90 Å². The number of hydrogen-bond donors (Lipinski definition) is 0. The van der Waals surface area contributed by atoms with Crippen LogP contribution in [-0.2, 0) is 6.54 Å². The van der Waals surface area contributed by atoms with Gasteiger partial charge in [-0.2, -0.15) is 5.10 Å². The summed E-state index contributed by atoms with van der Waals surface area (Å²) in [6.45, 7) is 0.577. The number of nitrogens with zero attached hydrogens (tertiary/aromatic N) is 3. The number of anilines is 1. The van der Waals surface area contributed by atoms with Gasteiger partial charge in [0.2, 0.25) is 0 Å². The summed E-state index contributed by atoms with van der Waals surface area (Å²) in [5.74, 6) is 0.597. The first-order chi connectivity index (χ1) is 7.86. The summed E-state index contributed by atoms with van der Waals surface area (Å²) in [5.41, 5.74) is 1.80. The smallest absolute Gasteiger partial charge is 0.260 e. The van der Waals surface area contributed by atoms with Crippen LogP contribution in [0, 0.1) is 0 Å². The van der Waals surface area contributed by atoms with Gasteiger partial charge in [0.1, 0.15) is 0 Å². The van der Waals surface area contributed by atoms with Crippen molar-refractivity contribution in [2.24, 2.45) is 0 Å². The molecular weight excluding hydrogens is 202 g/mol.